The number of allylic oxidation sites excluding steroid dienone is 1. The topological polar surface area (TPSA) is 17.1 Å². The number of hydrogen-bond acceptors (Lipinski definition) is 2. The molecule has 3 heteroatoms. The first-order chi connectivity index (χ1) is 13.1. The molecule has 0 heterocycles. The molecule has 134 valence electrons. The van der Waals surface area contributed by atoms with Gasteiger partial charge < -0.3 is 4.57 Å². The molecule has 0 amide bonds. The van der Waals surface area contributed by atoms with Gasteiger partial charge in [-0.1, -0.05) is 79.1 Å². The molecule has 0 saturated carbocycles. The molecule has 0 atom stereocenters. The van der Waals surface area contributed by atoms with Crippen LogP contribution in [0.25, 0.3) is 0 Å². The van der Waals surface area contributed by atoms with Gasteiger partial charge in [0, 0.05) is 32.8 Å². The lowest BCUT2D eigenvalue weighted by Gasteiger charge is -2.19. The van der Waals surface area contributed by atoms with Gasteiger partial charge in [0.2, 0.25) is 0 Å². The molecule has 3 aromatic carbocycles. The number of benzene rings is 3. The Bertz CT molecular complexity index is 969. The molecule has 0 saturated heterocycles. The molecule has 0 aliphatic heterocycles. The molecule has 3 rings (SSSR count). The van der Waals surface area contributed by atoms with Crippen LogP contribution < -0.4 is 10.6 Å². The van der Waals surface area contributed by atoms with E-state index in [0.717, 1.165) is 16.2 Å². The van der Waals surface area contributed by atoms with Gasteiger partial charge in [0.1, 0.15) is 7.14 Å². The standard InChI is InChI=1S/C24H21OPS/c1-20(13-14-21-15-17-24(27-2)18-16-21)19-26(25,22-9-5-3-6-10-22)23-11-7-4-8-12-23/h3-12,15-18H,1,19H2,2H3. The molecular formula is C24H21OPS. The molecule has 0 spiro atoms. The summed E-state index contributed by atoms with van der Waals surface area (Å²) in [4.78, 5) is 1.21. The van der Waals surface area contributed by atoms with E-state index >= 15 is 0 Å². The molecule has 0 bridgehead atoms. The van der Waals surface area contributed by atoms with E-state index in [1.807, 2.05) is 79.1 Å². The van der Waals surface area contributed by atoms with Crippen molar-refractivity contribution in [2.45, 2.75) is 4.90 Å². The molecule has 0 aliphatic carbocycles. The maximum absolute atomic E-state index is 14.0. The van der Waals surface area contributed by atoms with Crippen molar-refractivity contribution in [2.75, 3.05) is 12.4 Å². The van der Waals surface area contributed by atoms with Crippen LogP contribution in [0.1, 0.15) is 5.56 Å². The maximum Gasteiger partial charge on any atom is 0.148 e. The quantitative estimate of drug-likeness (QED) is 0.334. The average Bonchev–Trinajstić information content (AvgIpc) is 2.74. The monoisotopic (exact) mass is 388 g/mol. The van der Waals surface area contributed by atoms with Crippen molar-refractivity contribution in [1.82, 2.24) is 0 Å². The largest absolute Gasteiger partial charge is 0.313 e. The summed E-state index contributed by atoms with van der Waals surface area (Å²) >= 11 is 1.70. The molecule has 0 aromatic heterocycles. The van der Waals surface area contributed by atoms with Gasteiger partial charge in [-0.25, -0.2) is 0 Å². The minimum absolute atomic E-state index is 0.344. The lowest BCUT2D eigenvalue weighted by molar-refractivity contribution is 0.588. The summed E-state index contributed by atoms with van der Waals surface area (Å²) in [5.74, 6) is 6.25. The van der Waals surface area contributed by atoms with E-state index in [2.05, 4.69) is 30.6 Å². The van der Waals surface area contributed by atoms with E-state index in [9.17, 15) is 4.57 Å². The summed E-state index contributed by atoms with van der Waals surface area (Å²) < 4.78 is 14.0. The van der Waals surface area contributed by atoms with Crippen molar-refractivity contribution < 1.29 is 4.57 Å². The molecule has 0 fully saturated rings. The maximum atomic E-state index is 14.0. The van der Waals surface area contributed by atoms with Crippen LogP contribution >= 0.6 is 18.9 Å². The summed E-state index contributed by atoms with van der Waals surface area (Å²) in [5.41, 5.74) is 1.61. The Labute approximate surface area is 165 Å². The van der Waals surface area contributed by atoms with Crippen LogP contribution in [0, 0.1) is 11.8 Å². The van der Waals surface area contributed by atoms with Crippen molar-refractivity contribution >= 4 is 29.5 Å². The second-order valence-corrected chi connectivity index (χ2v) is 9.86. The number of thioether (sulfide) groups is 1. The van der Waals surface area contributed by atoms with Crippen molar-refractivity contribution in [2.24, 2.45) is 0 Å². The first-order valence-corrected chi connectivity index (χ1v) is 11.8. The van der Waals surface area contributed by atoms with Crippen molar-refractivity contribution in [3.63, 3.8) is 0 Å². The minimum Gasteiger partial charge on any atom is -0.313 e. The Kier molecular flexibility index (Phi) is 6.40. The van der Waals surface area contributed by atoms with Gasteiger partial charge >= 0.3 is 0 Å². The third kappa shape index (κ3) is 4.83. The molecule has 0 aliphatic rings. The summed E-state index contributed by atoms with van der Waals surface area (Å²) in [6.45, 7) is 4.09. The summed E-state index contributed by atoms with van der Waals surface area (Å²) in [5, 5.41) is 1.67. The highest BCUT2D eigenvalue weighted by atomic mass is 32.2. The van der Waals surface area contributed by atoms with Gasteiger partial charge in [-0.3, -0.25) is 0 Å². The Morgan fingerprint density at radius 1 is 0.889 bits per heavy atom. The molecule has 3 aromatic rings. The average molecular weight is 388 g/mol. The summed E-state index contributed by atoms with van der Waals surface area (Å²) in [7, 11) is -2.82. The van der Waals surface area contributed by atoms with Crippen molar-refractivity contribution in [1.29, 1.82) is 0 Å². The zero-order valence-corrected chi connectivity index (χ0v) is 17.0. The fourth-order valence-corrected chi connectivity index (χ4v) is 5.81. The smallest absolute Gasteiger partial charge is 0.148 e. The van der Waals surface area contributed by atoms with E-state index < -0.39 is 7.14 Å². The van der Waals surface area contributed by atoms with Crippen LogP contribution in [0.5, 0.6) is 0 Å². The van der Waals surface area contributed by atoms with Crippen molar-refractivity contribution in [3.8, 4) is 11.8 Å². The van der Waals surface area contributed by atoms with Crippen LogP contribution in [-0.2, 0) is 4.57 Å². The van der Waals surface area contributed by atoms with E-state index in [1.165, 1.54) is 4.90 Å². The number of rotatable bonds is 5. The molecule has 0 radical (unpaired) electrons. The van der Waals surface area contributed by atoms with Gasteiger partial charge in [0.15, 0.2) is 0 Å². The second kappa shape index (κ2) is 8.96. The normalized spacial score (nSPS) is 10.7. The Morgan fingerprint density at radius 3 is 1.89 bits per heavy atom. The molecular weight excluding hydrogens is 367 g/mol. The van der Waals surface area contributed by atoms with Gasteiger partial charge in [-0.2, -0.15) is 0 Å². The molecule has 27 heavy (non-hydrogen) atoms. The van der Waals surface area contributed by atoms with Crippen LogP contribution in [0.2, 0.25) is 0 Å². The highest BCUT2D eigenvalue weighted by Crippen LogP contribution is 2.44. The van der Waals surface area contributed by atoms with Gasteiger partial charge in [0.25, 0.3) is 0 Å². The first kappa shape index (κ1) is 19.3. The lowest BCUT2D eigenvalue weighted by Crippen LogP contribution is -2.18. The zero-order chi connectivity index (χ0) is 19.1. The van der Waals surface area contributed by atoms with Crippen LogP contribution in [-0.4, -0.2) is 12.4 Å². The van der Waals surface area contributed by atoms with E-state index in [0.29, 0.717) is 11.7 Å². The highest BCUT2D eigenvalue weighted by Gasteiger charge is 2.27. The number of hydrogen-bond donors (Lipinski definition) is 0. The van der Waals surface area contributed by atoms with E-state index in [-0.39, 0.29) is 0 Å². The van der Waals surface area contributed by atoms with E-state index in [1.54, 1.807) is 11.8 Å². The molecule has 0 N–H and O–H groups in total. The van der Waals surface area contributed by atoms with Gasteiger partial charge in [-0.05, 0) is 30.5 Å². The third-order valence-electron chi connectivity index (χ3n) is 4.23. The predicted molar refractivity (Wildman–Crippen MR) is 119 cm³/mol. The van der Waals surface area contributed by atoms with Gasteiger partial charge in [0.05, 0.1) is 0 Å². The summed E-state index contributed by atoms with van der Waals surface area (Å²) in [6, 6.07) is 27.4. The molecule has 1 nitrogen and oxygen atoms in total. The van der Waals surface area contributed by atoms with Gasteiger partial charge in [-0.15, -0.1) is 11.8 Å². The summed E-state index contributed by atoms with van der Waals surface area (Å²) in [6.07, 6.45) is 2.39. The van der Waals surface area contributed by atoms with Crippen molar-refractivity contribution in [3.05, 3.63) is 103 Å². The fraction of sp³-hybridized carbons (Fsp3) is 0.0833. The Balaban J connectivity index is 1.88. The van der Waals surface area contributed by atoms with Crippen LogP contribution in [0.4, 0.5) is 0 Å². The fourth-order valence-electron chi connectivity index (χ4n) is 2.81. The Morgan fingerprint density at radius 2 is 1.41 bits per heavy atom. The second-order valence-electron chi connectivity index (χ2n) is 6.15. The Hall–Kier alpha value is -2.46. The van der Waals surface area contributed by atoms with E-state index in [4.69, 9.17) is 0 Å². The third-order valence-corrected chi connectivity index (χ3v) is 8.07. The predicted octanol–water partition coefficient (Wildman–Crippen LogP) is 5.33. The zero-order valence-electron chi connectivity index (χ0n) is 15.3. The lowest BCUT2D eigenvalue weighted by atomic mass is 10.2. The SMILES string of the molecule is C=C(C#Cc1ccc(SC)cc1)CP(=O)(c1ccccc1)c1ccccc1. The highest BCUT2D eigenvalue weighted by molar-refractivity contribution is 7.98. The molecule has 0 unspecified atom stereocenters. The van der Waals surface area contributed by atoms with Crippen LogP contribution in [0.3, 0.4) is 0 Å². The first-order valence-electron chi connectivity index (χ1n) is 8.66. The minimum atomic E-state index is -2.82. The van der Waals surface area contributed by atoms with Crippen LogP contribution in [0.15, 0.2) is 102 Å².